The van der Waals surface area contributed by atoms with Crippen LogP contribution in [0.1, 0.15) is 5.56 Å². The molecule has 7 heteroatoms. The molecular formula is C22H27N3O4. The van der Waals surface area contributed by atoms with Crippen LogP contribution in [-0.2, 0) is 11.3 Å². The van der Waals surface area contributed by atoms with Gasteiger partial charge in [0.15, 0.2) is 11.5 Å². The van der Waals surface area contributed by atoms with Crippen LogP contribution in [0.15, 0.2) is 42.5 Å². The Hall–Kier alpha value is -2.93. The molecule has 154 valence electrons. The fraction of sp³-hybridized carbons (Fsp3) is 0.409. The minimum Gasteiger partial charge on any atom is -0.497 e. The molecule has 0 radical (unpaired) electrons. The third kappa shape index (κ3) is 4.56. The van der Waals surface area contributed by atoms with E-state index in [1.165, 1.54) is 5.56 Å². The quantitative estimate of drug-likeness (QED) is 0.745. The smallest absolute Gasteiger partial charge is 0.242 e. The van der Waals surface area contributed by atoms with Crippen molar-refractivity contribution in [1.29, 1.82) is 0 Å². The number of carbonyl (C=O) groups excluding carboxylic acids is 1. The van der Waals surface area contributed by atoms with E-state index < -0.39 is 0 Å². The Morgan fingerprint density at radius 1 is 1.03 bits per heavy atom. The molecule has 0 unspecified atom stereocenters. The number of ether oxygens (including phenoxy) is 3. The Morgan fingerprint density at radius 2 is 1.76 bits per heavy atom. The number of methoxy groups -OCH3 is 1. The third-order valence-electron chi connectivity index (χ3n) is 5.45. The first kappa shape index (κ1) is 19.4. The Kier molecular flexibility index (Phi) is 5.76. The molecule has 2 heterocycles. The molecule has 2 aliphatic rings. The minimum absolute atomic E-state index is 0.158. The van der Waals surface area contributed by atoms with E-state index >= 15 is 0 Å². The molecule has 0 spiro atoms. The molecule has 4 rings (SSSR count). The van der Waals surface area contributed by atoms with Crippen LogP contribution in [0.2, 0.25) is 0 Å². The van der Waals surface area contributed by atoms with Crippen molar-refractivity contribution in [1.82, 2.24) is 9.80 Å². The van der Waals surface area contributed by atoms with Gasteiger partial charge in [0.25, 0.3) is 0 Å². The van der Waals surface area contributed by atoms with E-state index in [4.69, 9.17) is 14.2 Å². The van der Waals surface area contributed by atoms with E-state index in [2.05, 4.69) is 11.0 Å². The summed E-state index contributed by atoms with van der Waals surface area (Å²) >= 11 is 0. The Balaban J connectivity index is 1.25. The van der Waals surface area contributed by atoms with Crippen LogP contribution in [0.3, 0.4) is 0 Å². The summed E-state index contributed by atoms with van der Waals surface area (Å²) in [7, 11) is 3.59. The lowest BCUT2D eigenvalue weighted by atomic mass is 10.1. The van der Waals surface area contributed by atoms with Gasteiger partial charge in [0.05, 0.1) is 13.7 Å². The van der Waals surface area contributed by atoms with Gasteiger partial charge >= 0.3 is 0 Å². The number of likely N-dealkylation sites (N-methyl/N-ethyl adjacent to an activating group) is 1. The Morgan fingerprint density at radius 3 is 2.48 bits per heavy atom. The average Bonchev–Trinajstić information content (AvgIpc) is 3.22. The number of hydrogen-bond acceptors (Lipinski definition) is 6. The number of benzene rings is 2. The lowest BCUT2D eigenvalue weighted by Gasteiger charge is -2.35. The second-order valence-corrected chi connectivity index (χ2v) is 7.40. The van der Waals surface area contributed by atoms with Gasteiger partial charge in [-0.15, -0.1) is 0 Å². The van der Waals surface area contributed by atoms with E-state index in [1.807, 2.05) is 53.2 Å². The van der Waals surface area contributed by atoms with Gasteiger partial charge in [0, 0.05) is 45.5 Å². The first-order valence-electron chi connectivity index (χ1n) is 9.86. The first-order valence-corrected chi connectivity index (χ1v) is 9.86. The van der Waals surface area contributed by atoms with Crippen LogP contribution in [-0.4, -0.2) is 69.4 Å². The minimum atomic E-state index is 0.158. The van der Waals surface area contributed by atoms with Crippen molar-refractivity contribution < 1.29 is 19.0 Å². The van der Waals surface area contributed by atoms with Gasteiger partial charge in [-0.2, -0.15) is 0 Å². The van der Waals surface area contributed by atoms with Crippen LogP contribution >= 0.6 is 0 Å². The molecule has 29 heavy (non-hydrogen) atoms. The van der Waals surface area contributed by atoms with Crippen molar-refractivity contribution in [3.05, 3.63) is 48.0 Å². The maximum absolute atomic E-state index is 12.7. The summed E-state index contributed by atoms with van der Waals surface area (Å²) < 4.78 is 16.0. The maximum atomic E-state index is 12.7. The molecule has 2 aromatic rings. The molecule has 0 bridgehead atoms. The largest absolute Gasteiger partial charge is 0.497 e. The molecule has 0 aliphatic carbocycles. The zero-order chi connectivity index (χ0) is 20.2. The van der Waals surface area contributed by atoms with Gasteiger partial charge in [-0.1, -0.05) is 6.07 Å². The number of carbonyl (C=O) groups is 1. The van der Waals surface area contributed by atoms with Crippen LogP contribution in [0.5, 0.6) is 17.2 Å². The van der Waals surface area contributed by atoms with Gasteiger partial charge < -0.3 is 24.0 Å². The summed E-state index contributed by atoms with van der Waals surface area (Å²) in [4.78, 5) is 19.0. The molecular weight excluding hydrogens is 370 g/mol. The van der Waals surface area contributed by atoms with E-state index in [9.17, 15) is 4.79 Å². The number of rotatable bonds is 6. The van der Waals surface area contributed by atoms with Crippen molar-refractivity contribution in [3.8, 4) is 17.2 Å². The summed E-state index contributed by atoms with van der Waals surface area (Å²) in [6.07, 6.45) is 0. The molecule has 2 aliphatic heterocycles. The standard InChI is InChI=1S/C22H27N3O4/c1-23(18-4-6-19(27-2)7-5-18)15-22(26)25-11-9-24(10-12-25)14-17-3-8-20-21(13-17)29-16-28-20/h3-8,13H,9-12,14-16H2,1-2H3. The summed E-state index contributed by atoms with van der Waals surface area (Å²) in [5.74, 6) is 2.60. The highest BCUT2D eigenvalue weighted by atomic mass is 16.7. The number of fused-ring (bicyclic) bond motifs is 1. The fourth-order valence-electron chi connectivity index (χ4n) is 3.68. The number of piperazine rings is 1. The van der Waals surface area contributed by atoms with Crippen LogP contribution < -0.4 is 19.1 Å². The molecule has 0 N–H and O–H groups in total. The monoisotopic (exact) mass is 397 g/mol. The van der Waals surface area contributed by atoms with Crippen molar-refractivity contribution >= 4 is 11.6 Å². The molecule has 1 amide bonds. The van der Waals surface area contributed by atoms with Crippen LogP contribution in [0.4, 0.5) is 5.69 Å². The van der Waals surface area contributed by atoms with Crippen molar-refractivity contribution in [3.63, 3.8) is 0 Å². The third-order valence-corrected chi connectivity index (χ3v) is 5.45. The van der Waals surface area contributed by atoms with Crippen molar-refractivity contribution in [2.45, 2.75) is 6.54 Å². The van der Waals surface area contributed by atoms with Gasteiger partial charge in [0.2, 0.25) is 12.7 Å². The second kappa shape index (κ2) is 8.61. The van der Waals surface area contributed by atoms with E-state index in [-0.39, 0.29) is 5.91 Å². The zero-order valence-electron chi connectivity index (χ0n) is 17.0. The predicted octanol–water partition coefficient (Wildman–Crippen LogP) is 2.20. The SMILES string of the molecule is COc1ccc(N(C)CC(=O)N2CCN(Cc3ccc4c(c3)OCO4)CC2)cc1. The molecule has 1 fully saturated rings. The number of anilines is 1. The molecule has 0 atom stereocenters. The maximum Gasteiger partial charge on any atom is 0.242 e. The molecule has 0 aromatic heterocycles. The Bertz CT molecular complexity index is 848. The molecule has 1 saturated heterocycles. The molecule has 2 aromatic carbocycles. The van der Waals surface area contributed by atoms with E-state index in [1.54, 1.807) is 7.11 Å². The average molecular weight is 397 g/mol. The summed E-state index contributed by atoms with van der Waals surface area (Å²) in [6, 6.07) is 13.8. The Labute approximate surface area is 171 Å². The second-order valence-electron chi connectivity index (χ2n) is 7.40. The van der Waals surface area contributed by atoms with Crippen molar-refractivity contribution in [2.75, 3.05) is 58.6 Å². The highest BCUT2D eigenvalue weighted by molar-refractivity contribution is 5.81. The number of nitrogens with zero attached hydrogens (tertiary/aromatic N) is 3. The van der Waals surface area contributed by atoms with Gasteiger partial charge in [-0.3, -0.25) is 9.69 Å². The predicted molar refractivity (Wildman–Crippen MR) is 111 cm³/mol. The van der Waals surface area contributed by atoms with E-state index in [0.717, 1.165) is 55.7 Å². The number of hydrogen-bond donors (Lipinski definition) is 0. The molecule has 0 saturated carbocycles. The first-order chi connectivity index (χ1) is 14.1. The molecule has 7 nitrogen and oxygen atoms in total. The summed E-state index contributed by atoms with van der Waals surface area (Å²) in [5, 5.41) is 0. The van der Waals surface area contributed by atoms with Crippen LogP contribution in [0.25, 0.3) is 0 Å². The van der Waals surface area contributed by atoms with Crippen LogP contribution in [0, 0.1) is 0 Å². The summed E-state index contributed by atoms with van der Waals surface area (Å²) in [6.45, 7) is 4.75. The summed E-state index contributed by atoms with van der Waals surface area (Å²) in [5.41, 5.74) is 2.20. The lowest BCUT2D eigenvalue weighted by Crippen LogP contribution is -2.50. The van der Waals surface area contributed by atoms with Gasteiger partial charge in [-0.05, 0) is 42.0 Å². The topological polar surface area (TPSA) is 54.5 Å². The fourth-order valence-corrected chi connectivity index (χ4v) is 3.68. The highest BCUT2D eigenvalue weighted by Gasteiger charge is 2.23. The lowest BCUT2D eigenvalue weighted by molar-refractivity contribution is -0.131. The highest BCUT2D eigenvalue weighted by Crippen LogP contribution is 2.32. The van der Waals surface area contributed by atoms with E-state index in [0.29, 0.717) is 13.3 Å². The number of amides is 1. The van der Waals surface area contributed by atoms with Gasteiger partial charge in [-0.25, -0.2) is 0 Å². The van der Waals surface area contributed by atoms with Gasteiger partial charge in [0.1, 0.15) is 5.75 Å². The normalized spacial score (nSPS) is 16.0. The van der Waals surface area contributed by atoms with Crippen molar-refractivity contribution in [2.24, 2.45) is 0 Å². The zero-order valence-corrected chi connectivity index (χ0v) is 17.0.